The molecule has 1 amide bonds. The number of halogens is 3. The molecule has 1 spiro atoms. The second-order valence-corrected chi connectivity index (χ2v) is 7.57. The number of hydrogen-bond acceptors (Lipinski definition) is 2. The topological polar surface area (TPSA) is 57.6 Å². The summed E-state index contributed by atoms with van der Waals surface area (Å²) in [7, 11) is 0. The van der Waals surface area contributed by atoms with Gasteiger partial charge in [0.1, 0.15) is 0 Å². The fraction of sp³-hybridized carbons (Fsp3) is 0.579. The van der Waals surface area contributed by atoms with Crippen LogP contribution < -0.4 is 0 Å². The number of carbonyl (C=O) groups excluding carboxylic acids is 1. The van der Waals surface area contributed by atoms with Gasteiger partial charge in [-0.3, -0.25) is 9.59 Å². The lowest BCUT2D eigenvalue weighted by molar-refractivity contribution is -0.140. The van der Waals surface area contributed by atoms with Gasteiger partial charge in [-0.2, -0.15) is 13.2 Å². The van der Waals surface area contributed by atoms with Crippen LogP contribution in [0.2, 0.25) is 0 Å². The Bertz CT molecular complexity index is 708. The number of carboxylic acid groups (broad SMARTS) is 1. The zero-order chi connectivity index (χ0) is 19.1. The standard InChI is InChI=1S/C19H22F3NO3/c1-12(13-3-2-4-14(10-13)19(20,21)22)9-16(24)23-7-5-18(6-8-23)11-15(18)17(25)26/h2-4,10,12,15H,5-9,11H2,1H3,(H,25,26). The molecule has 0 bridgehead atoms. The molecule has 4 nitrogen and oxygen atoms in total. The molecule has 142 valence electrons. The summed E-state index contributed by atoms with van der Waals surface area (Å²) in [5.41, 5.74) is -0.354. The van der Waals surface area contributed by atoms with Crippen LogP contribution in [0, 0.1) is 11.3 Å². The summed E-state index contributed by atoms with van der Waals surface area (Å²) in [4.78, 5) is 25.3. The van der Waals surface area contributed by atoms with Crippen LogP contribution in [-0.4, -0.2) is 35.0 Å². The van der Waals surface area contributed by atoms with Crippen molar-refractivity contribution in [2.75, 3.05) is 13.1 Å². The first kappa shape index (κ1) is 18.7. The fourth-order valence-corrected chi connectivity index (χ4v) is 3.98. The van der Waals surface area contributed by atoms with Gasteiger partial charge in [0.2, 0.25) is 5.91 Å². The molecule has 2 unspecified atom stereocenters. The summed E-state index contributed by atoms with van der Waals surface area (Å²) >= 11 is 0. The van der Waals surface area contributed by atoms with Gasteiger partial charge < -0.3 is 10.0 Å². The minimum atomic E-state index is -4.40. The van der Waals surface area contributed by atoms with E-state index in [1.165, 1.54) is 6.07 Å². The van der Waals surface area contributed by atoms with Crippen LogP contribution in [0.15, 0.2) is 24.3 Å². The Morgan fingerprint density at radius 3 is 2.50 bits per heavy atom. The molecule has 1 N–H and O–H groups in total. The Labute approximate surface area is 150 Å². The first-order valence-corrected chi connectivity index (χ1v) is 8.80. The summed E-state index contributed by atoms with van der Waals surface area (Å²) < 4.78 is 38.5. The number of alkyl halides is 3. The van der Waals surface area contributed by atoms with Crippen LogP contribution in [0.3, 0.4) is 0 Å². The Morgan fingerprint density at radius 1 is 1.31 bits per heavy atom. The average molecular weight is 369 g/mol. The lowest BCUT2D eigenvalue weighted by atomic mass is 9.90. The average Bonchev–Trinajstić information content (AvgIpc) is 3.28. The number of likely N-dealkylation sites (tertiary alicyclic amines) is 1. The lowest BCUT2D eigenvalue weighted by Gasteiger charge is -2.33. The Morgan fingerprint density at radius 2 is 1.96 bits per heavy atom. The number of amides is 1. The van der Waals surface area contributed by atoms with Crippen LogP contribution >= 0.6 is 0 Å². The van der Waals surface area contributed by atoms with Crippen molar-refractivity contribution in [1.29, 1.82) is 0 Å². The number of nitrogens with zero attached hydrogens (tertiary/aromatic N) is 1. The Hall–Kier alpha value is -2.05. The van der Waals surface area contributed by atoms with Crippen LogP contribution in [0.5, 0.6) is 0 Å². The van der Waals surface area contributed by atoms with Crippen LogP contribution in [0.4, 0.5) is 13.2 Å². The quantitative estimate of drug-likeness (QED) is 0.875. The maximum Gasteiger partial charge on any atom is 0.416 e. The van der Waals surface area contributed by atoms with Crippen LogP contribution in [0.1, 0.15) is 49.7 Å². The normalized spacial score (nSPS) is 22.9. The number of rotatable bonds is 4. The summed E-state index contributed by atoms with van der Waals surface area (Å²) in [5, 5.41) is 9.11. The fourth-order valence-electron chi connectivity index (χ4n) is 3.98. The van der Waals surface area contributed by atoms with Crippen LogP contribution in [0.25, 0.3) is 0 Å². The van der Waals surface area contributed by atoms with Crippen molar-refractivity contribution in [2.24, 2.45) is 11.3 Å². The highest BCUT2D eigenvalue weighted by Crippen LogP contribution is 2.59. The summed E-state index contributed by atoms with van der Waals surface area (Å²) in [6.07, 6.45) is -2.19. The molecule has 1 heterocycles. The number of carboxylic acids is 1. The summed E-state index contributed by atoms with van der Waals surface area (Å²) in [6.45, 7) is 2.80. The van der Waals surface area contributed by atoms with E-state index in [1.807, 2.05) is 0 Å². The molecule has 2 fully saturated rings. The van der Waals surface area contributed by atoms with Gasteiger partial charge in [0.25, 0.3) is 0 Å². The number of benzene rings is 1. The smallest absolute Gasteiger partial charge is 0.416 e. The molecule has 1 aromatic carbocycles. The summed E-state index contributed by atoms with van der Waals surface area (Å²) in [6, 6.07) is 5.10. The second-order valence-electron chi connectivity index (χ2n) is 7.57. The van der Waals surface area contributed by atoms with Crippen molar-refractivity contribution in [3.63, 3.8) is 0 Å². The molecule has 7 heteroatoms. The predicted octanol–water partition coefficient (Wildman–Crippen LogP) is 3.91. The maximum atomic E-state index is 12.8. The van der Waals surface area contributed by atoms with Crippen molar-refractivity contribution in [1.82, 2.24) is 4.90 Å². The number of hydrogen-bond donors (Lipinski definition) is 1. The third-order valence-corrected chi connectivity index (χ3v) is 5.86. The van der Waals surface area contributed by atoms with E-state index in [-0.39, 0.29) is 29.6 Å². The van der Waals surface area contributed by atoms with Gasteiger partial charge in [0.05, 0.1) is 11.5 Å². The second kappa shape index (κ2) is 6.59. The third-order valence-electron chi connectivity index (χ3n) is 5.86. The van der Waals surface area contributed by atoms with E-state index in [2.05, 4.69) is 0 Å². The third kappa shape index (κ3) is 3.71. The highest BCUT2D eigenvalue weighted by atomic mass is 19.4. The minimum absolute atomic E-state index is 0.0858. The van der Waals surface area contributed by atoms with Gasteiger partial charge in [-0.05, 0) is 42.2 Å². The van der Waals surface area contributed by atoms with Crippen molar-refractivity contribution in [2.45, 2.75) is 44.7 Å². The molecule has 1 aliphatic carbocycles. The van der Waals surface area contributed by atoms with E-state index in [9.17, 15) is 22.8 Å². The van der Waals surface area contributed by atoms with Crippen molar-refractivity contribution in [3.05, 3.63) is 35.4 Å². The Kier molecular flexibility index (Phi) is 4.75. The molecule has 1 saturated carbocycles. The summed E-state index contributed by atoms with van der Waals surface area (Å²) in [5.74, 6) is -1.45. The zero-order valence-electron chi connectivity index (χ0n) is 14.6. The molecule has 26 heavy (non-hydrogen) atoms. The number of aliphatic carboxylic acids is 1. The minimum Gasteiger partial charge on any atom is -0.481 e. The van der Waals surface area contributed by atoms with Gasteiger partial charge in [-0.1, -0.05) is 25.1 Å². The molecule has 0 radical (unpaired) electrons. The van der Waals surface area contributed by atoms with Crippen molar-refractivity contribution in [3.8, 4) is 0 Å². The van der Waals surface area contributed by atoms with Gasteiger partial charge in [-0.15, -0.1) is 0 Å². The molecular formula is C19H22F3NO3. The Balaban J connectivity index is 1.56. The monoisotopic (exact) mass is 369 g/mol. The molecule has 0 aromatic heterocycles. The van der Waals surface area contributed by atoms with E-state index in [1.54, 1.807) is 17.9 Å². The number of carbonyl (C=O) groups is 2. The first-order chi connectivity index (χ1) is 12.1. The van der Waals surface area contributed by atoms with Crippen molar-refractivity contribution >= 4 is 11.9 Å². The largest absolute Gasteiger partial charge is 0.481 e. The highest BCUT2D eigenvalue weighted by Gasteiger charge is 2.59. The first-order valence-electron chi connectivity index (χ1n) is 8.80. The van der Waals surface area contributed by atoms with Crippen molar-refractivity contribution < 1.29 is 27.9 Å². The van der Waals surface area contributed by atoms with E-state index >= 15 is 0 Å². The molecule has 3 rings (SSSR count). The maximum absolute atomic E-state index is 12.8. The SMILES string of the molecule is CC(CC(=O)N1CCC2(CC1)CC2C(=O)O)c1cccc(C(F)(F)F)c1. The van der Waals surface area contributed by atoms with Gasteiger partial charge in [0, 0.05) is 19.5 Å². The van der Waals surface area contributed by atoms with E-state index in [0.717, 1.165) is 12.1 Å². The number of piperidine rings is 1. The molecule has 1 saturated heterocycles. The predicted molar refractivity (Wildman–Crippen MR) is 88.5 cm³/mol. The molecule has 1 aliphatic heterocycles. The molecular weight excluding hydrogens is 347 g/mol. The molecule has 1 aromatic rings. The van der Waals surface area contributed by atoms with E-state index in [4.69, 9.17) is 5.11 Å². The van der Waals surface area contributed by atoms with E-state index < -0.39 is 17.7 Å². The lowest BCUT2D eigenvalue weighted by Crippen LogP contribution is -2.40. The van der Waals surface area contributed by atoms with Gasteiger partial charge in [0.15, 0.2) is 0 Å². The highest BCUT2D eigenvalue weighted by molar-refractivity contribution is 5.78. The molecule has 2 aliphatic rings. The zero-order valence-corrected chi connectivity index (χ0v) is 14.6. The molecule has 2 atom stereocenters. The van der Waals surface area contributed by atoms with Gasteiger partial charge >= 0.3 is 12.1 Å². The van der Waals surface area contributed by atoms with Crippen LogP contribution in [-0.2, 0) is 15.8 Å². The van der Waals surface area contributed by atoms with Gasteiger partial charge in [-0.25, -0.2) is 0 Å². The van der Waals surface area contributed by atoms with E-state index in [0.29, 0.717) is 37.9 Å².